The summed E-state index contributed by atoms with van der Waals surface area (Å²) in [6, 6.07) is 5.73. The fourth-order valence-corrected chi connectivity index (χ4v) is 5.42. The van der Waals surface area contributed by atoms with Gasteiger partial charge in [-0.1, -0.05) is 26.0 Å². The number of nitrogens with zero attached hydrogens (tertiary/aromatic N) is 1. The monoisotopic (exact) mass is 438 g/mol. The van der Waals surface area contributed by atoms with E-state index < -0.39 is 5.92 Å². The molecule has 2 heterocycles. The molecule has 0 saturated carbocycles. The molecule has 1 aromatic carbocycles. The summed E-state index contributed by atoms with van der Waals surface area (Å²) in [5, 5.41) is 3.44. The van der Waals surface area contributed by atoms with Crippen molar-refractivity contribution in [2.24, 2.45) is 11.3 Å². The Kier molecular flexibility index (Phi) is 6.06. The summed E-state index contributed by atoms with van der Waals surface area (Å²) in [5.41, 5.74) is 3.10. The maximum absolute atomic E-state index is 13.8. The van der Waals surface area contributed by atoms with Crippen LogP contribution in [0.15, 0.2) is 41.2 Å². The predicted molar refractivity (Wildman–Crippen MR) is 124 cm³/mol. The highest BCUT2D eigenvalue weighted by molar-refractivity contribution is 5.99. The van der Waals surface area contributed by atoms with Gasteiger partial charge in [-0.05, 0) is 49.3 Å². The fraction of sp³-hybridized carbons (Fsp3) is 0.538. The molecule has 1 N–H and O–H groups in total. The third kappa shape index (κ3) is 4.03. The zero-order chi connectivity index (χ0) is 23.0. The Morgan fingerprint density at radius 2 is 1.75 bits per heavy atom. The van der Waals surface area contributed by atoms with E-state index in [0.717, 1.165) is 49.3 Å². The van der Waals surface area contributed by atoms with Gasteiger partial charge in [0, 0.05) is 42.4 Å². The molecule has 0 radical (unpaired) electrons. The lowest BCUT2D eigenvalue weighted by molar-refractivity contribution is -0.129. The summed E-state index contributed by atoms with van der Waals surface area (Å²) >= 11 is 0. The molecule has 0 spiro atoms. The minimum Gasteiger partial charge on any atom is -0.493 e. The number of carbonyl (C=O) groups excluding carboxylic acids is 2. The van der Waals surface area contributed by atoms with E-state index in [1.165, 1.54) is 0 Å². The first-order valence-electron chi connectivity index (χ1n) is 11.5. The number of piperidine rings is 1. The van der Waals surface area contributed by atoms with Crippen molar-refractivity contribution in [3.63, 3.8) is 0 Å². The molecule has 2 atom stereocenters. The number of methoxy groups -OCH3 is 2. The summed E-state index contributed by atoms with van der Waals surface area (Å²) in [4.78, 5) is 29.2. The van der Waals surface area contributed by atoms with E-state index in [2.05, 4.69) is 25.2 Å². The summed E-state index contributed by atoms with van der Waals surface area (Å²) in [6.45, 7) is 7.64. The number of amides is 1. The standard InChI is InChI=1S/C26H34N2O4/c1-16-22(25(30)28-11-7-6-8-12-28)23(17-9-10-20(31-4)21(13-17)32-5)24-18(27-16)14-26(2,3)15-19(24)29/h9-10,13-14,23-24,27H,6-8,11-12,15H2,1-5H3. The van der Waals surface area contributed by atoms with Crippen molar-refractivity contribution in [3.8, 4) is 11.5 Å². The van der Waals surface area contributed by atoms with E-state index in [-0.39, 0.29) is 23.0 Å². The van der Waals surface area contributed by atoms with E-state index in [0.29, 0.717) is 23.5 Å². The predicted octanol–water partition coefficient (Wildman–Crippen LogP) is 4.18. The van der Waals surface area contributed by atoms with Gasteiger partial charge in [-0.3, -0.25) is 9.59 Å². The second kappa shape index (κ2) is 8.64. The molecule has 6 nitrogen and oxygen atoms in total. The molecule has 1 saturated heterocycles. The second-order valence-electron chi connectivity index (χ2n) is 9.82. The second-order valence-corrected chi connectivity index (χ2v) is 9.82. The number of Topliss-reactive ketones (excluding diaryl/α,β-unsaturated/α-hetero) is 1. The molecule has 172 valence electrons. The van der Waals surface area contributed by atoms with Crippen molar-refractivity contribution in [1.82, 2.24) is 10.2 Å². The lowest BCUT2D eigenvalue weighted by Crippen LogP contribution is -2.46. The zero-order valence-corrected chi connectivity index (χ0v) is 19.8. The van der Waals surface area contributed by atoms with E-state index in [1.54, 1.807) is 14.2 Å². The normalized spacial score (nSPS) is 25.0. The maximum Gasteiger partial charge on any atom is 0.252 e. The van der Waals surface area contributed by atoms with Gasteiger partial charge in [-0.2, -0.15) is 0 Å². The molecular formula is C26H34N2O4. The van der Waals surface area contributed by atoms with E-state index >= 15 is 0 Å². The Balaban J connectivity index is 1.87. The minimum atomic E-state index is -0.409. The van der Waals surface area contributed by atoms with Crippen LogP contribution in [0.25, 0.3) is 0 Å². The van der Waals surface area contributed by atoms with Crippen LogP contribution in [0, 0.1) is 11.3 Å². The van der Waals surface area contributed by atoms with Crippen LogP contribution in [-0.4, -0.2) is 43.9 Å². The Morgan fingerprint density at radius 3 is 2.41 bits per heavy atom. The number of ether oxygens (including phenoxy) is 2. The molecule has 4 rings (SSSR count). The first kappa shape index (κ1) is 22.4. The Hall–Kier alpha value is -2.76. The van der Waals surface area contributed by atoms with Crippen LogP contribution in [0.3, 0.4) is 0 Å². The average molecular weight is 439 g/mol. The number of benzene rings is 1. The fourth-order valence-electron chi connectivity index (χ4n) is 5.42. The number of nitrogens with one attached hydrogen (secondary N) is 1. The molecule has 0 bridgehead atoms. The smallest absolute Gasteiger partial charge is 0.252 e. The summed E-state index contributed by atoms with van der Waals surface area (Å²) < 4.78 is 11.0. The van der Waals surface area contributed by atoms with Gasteiger partial charge in [-0.15, -0.1) is 0 Å². The quantitative estimate of drug-likeness (QED) is 0.764. The lowest BCUT2D eigenvalue weighted by atomic mass is 9.66. The van der Waals surface area contributed by atoms with Crippen LogP contribution in [0.2, 0.25) is 0 Å². The van der Waals surface area contributed by atoms with Crippen molar-refractivity contribution in [3.05, 3.63) is 46.8 Å². The van der Waals surface area contributed by atoms with Crippen molar-refractivity contribution in [2.45, 2.75) is 52.4 Å². The minimum absolute atomic E-state index is 0.0335. The number of hydrogen-bond donors (Lipinski definition) is 1. The summed E-state index contributed by atoms with van der Waals surface area (Å²) in [7, 11) is 3.20. The largest absolute Gasteiger partial charge is 0.493 e. The molecule has 2 aliphatic heterocycles. The highest BCUT2D eigenvalue weighted by atomic mass is 16.5. The van der Waals surface area contributed by atoms with Crippen LogP contribution in [0.5, 0.6) is 11.5 Å². The van der Waals surface area contributed by atoms with Crippen LogP contribution < -0.4 is 14.8 Å². The van der Waals surface area contributed by atoms with Gasteiger partial charge in [0.15, 0.2) is 11.5 Å². The van der Waals surface area contributed by atoms with Crippen LogP contribution >= 0.6 is 0 Å². The van der Waals surface area contributed by atoms with Gasteiger partial charge in [0.05, 0.1) is 20.1 Å². The zero-order valence-electron chi connectivity index (χ0n) is 19.8. The van der Waals surface area contributed by atoms with Gasteiger partial charge in [-0.25, -0.2) is 0 Å². The van der Waals surface area contributed by atoms with Crippen molar-refractivity contribution >= 4 is 11.7 Å². The Labute approximate surface area is 190 Å². The molecule has 2 unspecified atom stereocenters. The third-order valence-corrected chi connectivity index (χ3v) is 6.88. The van der Waals surface area contributed by atoms with Gasteiger partial charge in [0.25, 0.3) is 5.91 Å². The third-order valence-electron chi connectivity index (χ3n) is 6.88. The molecular weight excluding hydrogens is 404 g/mol. The highest BCUT2D eigenvalue weighted by Crippen LogP contribution is 2.48. The first-order valence-corrected chi connectivity index (χ1v) is 11.5. The van der Waals surface area contributed by atoms with Crippen molar-refractivity contribution < 1.29 is 19.1 Å². The highest BCUT2D eigenvalue weighted by Gasteiger charge is 2.46. The maximum atomic E-state index is 13.8. The molecule has 3 aliphatic rings. The number of carbonyl (C=O) groups is 2. The van der Waals surface area contributed by atoms with Gasteiger partial charge >= 0.3 is 0 Å². The SMILES string of the molecule is COc1ccc(C2C(C(=O)N3CCCCC3)=C(C)NC3=CC(C)(C)CC(=O)C32)cc1OC. The number of rotatable bonds is 4. The Bertz CT molecular complexity index is 986. The van der Waals surface area contributed by atoms with E-state index in [4.69, 9.17) is 9.47 Å². The van der Waals surface area contributed by atoms with Crippen molar-refractivity contribution in [2.75, 3.05) is 27.3 Å². The molecule has 6 heteroatoms. The van der Waals surface area contributed by atoms with E-state index in [9.17, 15) is 9.59 Å². The number of fused-ring (bicyclic) bond motifs is 1. The summed E-state index contributed by atoms with van der Waals surface area (Å²) in [5.74, 6) is 0.651. The molecule has 32 heavy (non-hydrogen) atoms. The van der Waals surface area contributed by atoms with Crippen LogP contribution in [-0.2, 0) is 9.59 Å². The Morgan fingerprint density at radius 1 is 1.06 bits per heavy atom. The first-order chi connectivity index (χ1) is 15.3. The van der Waals surface area contributed by atoms with Crippen LogP contribution in [0.4, 0.5) is 0 Å². The van der Waals surface area contributed by atoms with Crippen LogP contribution in [0.1, 0.15) is 57.9 Å². The molecule has 1 amide bonds. The van der Waals surface area contributed by atoms with Crippen molar-refractivity contribution in [1.29, 1.82) is 0 Å². The molecule has 1 aromatic rings. The summed E-state index contributed by atoms with van der Waals surface area (Å²) in [6.07, 6.45) is 5.82. The van der Waals surface area contributed by atoms with Gasteiger partial charge in [0.1, 0.15) is 5.78 Å². The number of hydrogen-bond acceptors (Lipinski definition) is 5. The number of ketones is 1. The topological polar surface area (TPSA) is 67.9 Å². The molecule has 0 aromatic heterocycles. The van der Waals surface area contributed by atoms with Gasteiger partial charge < -0.3 is 19.7 Å². The number of likely N-dealkylation sites (tertiary alicyclic amines) is 1. The van der Waals surface area contributed by atoms with Gasteiger partial charge in [0.2, 0.25) is 0 Å². The molecule has 1 fully saturated rings. The van der Waals surface area contributed by atoms with E-state index in [1.807, 2.05) is 30.0 Å². The average Bonchev–Trinajstić information content (AvgIpc) is 2.77. The molecule has 1 aliphatic carbocycles. The number of allylic oxidation sites excluding steroid dienone is 3. The lowest BCUT2D eigenvalue weighted by Gasteiger charge is -2.43.